The zero-order valence-corrected chi connectivity index (χ0v) is 12.0. The van der Waals surface area contributed by atoms with E-state index in [1.165, 1.54) is 4.90 Å². The van der Waals surface area contributed by atoms with E-state index >= 15 is 0 Å². The lowest BCUT2D eigenvalue weighted by molar-refractivity contribution is 0.848. The van der Waals surface area contributed by atoms with E-state index in [0.29, 0.717) is 6.54 Å². The van der Waals surface area contributed by atoms with Crippen molar-refractivity contribution in [2.75, 3.05) is 5.75 Å². The SMILES string of the molecule is CCSc1cccc(-n2cc(Br)cn2)c1CN. The summed E-state index contributed by atoms with van der Waals surface area (Å²) in [7, 11) is 0. The molecule has 1 aromatic heterocycles. The molecule has 3 nitrogen and oxygen atoms in total. The van der Waals surface area contributed by atoms with Crippen LogP contribution >= 0.6 is 27.7 Å². The van der Waals surface area contributed by atoms with Crippen molar-refractivity contribution in [2.45, 2.75) is 18.4 Å². The average molecular weight is 312 g/mol. The molecule has 0 saturated heterocycles. The minimum absolute atomic E-state index is 0.524. The van der Waals surface area contributed by atoms with Crippen LogP contribution in [0.15, 0.2) is 40.0 Å². The molecular formula is C12H14BrN3S. The highest BCUT2D eigenvalue weighted by Gasteiger charge is 2.09. The van der Waals surface area contributed by atoms with Crippen LogP contribution in [0.4, 0.5) is 0 Å². The third kappa shape index (κ3) is 2.73. The van der Waals surface area contributed by atoms with Crippen molar-refractivity contribution in [3.63, 3.8) is 0 Å². The number of benzene rings is 1. The van der Waals surface area contributed by atoms with Gasteiger partial charge in [0.05, 0.1) is 16.4 Å². The van der Waals surface area contributed by atoms with Crippen molar-refractivity contribution in [3.8, 4) is 5.69 Å². The van der Waals surface area contributed by atoms with Crippen LogP contribution in [0.5, 0.6) is 0 Å². The van der Waals surface area contributed by atoms with Crippen LogP contribution in [0.2, 0.25) is 0 Å². The van der Waals surface area contributed by atoms with E-state index in [2.05, 4.69) is 34.0 Å². The first kappa shape index (κ1) is 12.7. The fourth-order valence-electron chi connectivity index (χ4n) is 1.70. The van der Waals surface area contributed by atoms with Crippen LogP contribution in [-0.4, -0.2) is 15.5 Å². The minimum atomic E-state index is 0.524. The quantitative estimate of drug-likeness (QED) is 0.882. The van der Waals surface area contributed by atoms with E-state index in [0.717, 1.165) is 21.5 Å². The van der Waals surface area contributed by atoms with E-state index in [1.54, 1.807) is 6.20 Å². The molecule has 0 saturated carbocycles. The lowest BCUT2D eigenvalue weighted by Crippen LogP contribution is -2.06. The van der Waals surface area contributed by atoms with Gasteiger partial charge in [0.25, 0.3) is 0 Å². The number of hydrogen-bond donors (Lipinski definition) is 1. The zero-order valence-electron chi connectivity index (χ0n) is 9.56. The van der Waals surface area contributed by atoms with Crippen molar-refractivity contribution in [2.24, 2.45) is 5.73 Å². The second-order valence-electron chi connectivity index (χ2n) is 3.49. The Kier molecular flexibility index (Phi) is 4.25. The van der Waals surface area contributed by atoms with Gasteiger partial charge in [0.15, 0.2) is 0 Å². The molecule has 0 bridgehead atoms. The summed E-state index contributed by atoms with van der Waals surface area (Å²) in [5, 5.41) is 4.30. The maximum absolute atomic E-state index is 5.86. The topological polar surface area (TPSA) is 43.8 Å². The van der Waals surface area contributed by atoms with Gasteiger partial charge in [-0.2, -0.15) is 5.10 Å². The van der Waals surface area contributed by atoms with Gasteiger partial charge in [0, 0.05) is 23.2 Å². The van der Waals surface area contributed by atoms with E-state index in [-0.39, 0.29) is 0 Å². The number of hydrogen-bond acceptors (Lipinski definition) is 3. The van der Waals surface area contributed by atoms with Crippen molar-refractivity contribution >= 4 is 27.7 Å². The van der Waals surface area contributed by atoms with E-state index in [1.807, 2.05) is 34.8 Å². The first-order chi connectivity index (χ1) is 8.26. The normalized spacial score (nSPS) is 10.8. The molecule has 0 spiro atoms. The monoisotopic (exact) mass is 311 g/mol. The largest absolute Gasteiger partial charge is 0.326 e. The van der Waals surface area contributed by atoms with Crippen molar-refractivity contribution in [1.29, 1.82) is 0 Å². The molecular weight excluding hydrogens is 298 g/mol. The average Bonchev–Trinajstić information content (AvgIpc) is 2.76. The zero-order chi connectivity index (χ0) is 12.3. The highest BCUT2D eigenvalue weighted by Crippen LogP contribution is 2.27. The highest BCUT2D eigenvalue weighted by atomic mass is 79.9. The molecule has 0 radical (unpaired) electrons. The molecule has 2 aromatic rings. The second kappa shape index (κ2) is 5.71. The van der Waals surface area contributed by atoms with Crippen LogP contribution in [-0.2, 0) is 6.54 Å². The lowest BCUT2D eigenvalue weighted by Gasteiger charge is -2.12. The van der Waals surface area contributed by atoms with Gasteiger partial charge in [0.2, 0.25) is 0 Å². The first-order valence-corrected chi connectivity index (χ1v) is 7.19. The van der Waals surface area contributed by atoms with Crippen LogP contribution in [0.25, 0.3) is 5.69 Å². The molecule has 5 heteroatoms. The summed E-state index contributed by atoms with van der Waals surface area (Å²) >= 11 is 5.21. The number of nitrogens with zero attached hydrogens (tertiary/aromatic N) is 2. The van der Waals surface area contributed by atoms with Crippen LogP contribution in [0.1, 0.15) is 12.5 Å². The number of thioether (sulfide) groups is 1. The van der Waals surface area contributed by atoms with Gasteiger partial charge < -0.3 is 5.73 Å². The Morgan fingerprint density at radius 3 is 2.88 bits per heavy atom. The maximum atomic E-state index is 5.86. The number of aromatic nitrogens is 2. The summed E-state index contributed by atoms with van der Waals surface area (Å²) in [6.45, 7) is 2.66. The fraction of sp³-hybridized carbons (Fsp3) is 0.250. The van der Waals surface area contributed by atoms with Gasteiger partial charge in [0.1, 0.15) is 0 Å². The molecule has 0 aliphatic rings. The molecule has 1 aromatic carbocycles. The number of rotatable bonds is 4. The number of halogens is 1. The standard InChI is InChI=1S/C12H14BrN3S/c1-2-17-12-5-3-4-11(10(12)6-14)16-8-9(13)7-15-16/h3-5,7-8H,2,6,14H2,1H3. The Balaban J connectivity index is 2.49. The summed E-state index contributed by atoms with van der Waals surface area (Å²) in [5.74, 6) is 1.04. The van der Waals surface area contributed by atoms with E-state index in [4.69, 9.17) is 5.73 Å². The molecule has 2 N–H and O–H groups in total. The summed E-state index contributed by atoms with van der Waals surface area (Å²) in [6.07, 6.45) is 3.72. The summed E-state index contributed by atoms with van der Waals surface area (Å²) < 4.78 is 2.82. The Hall–Kier alpha value is -0.780. The molecule has 0 unspecified atom stereocenters. The van der Waals surface area contributed by atoms with E-state index in [9.17, 15) is 0 Å². The third-order valence-corrected chi connectivity index (χ3v) is 3.80. The van der Waals surface area contributed by atoms with Crippen LogP contribution in [0, 0.1) is 0 Å². The van der Waals surface area contributed by atoms with Gasteiger partial charge >= 0.3 is 0 Å². The Bertz CT molecular complexity index is 510. The molecule has 90 valence electrons. The molecule has 0 aliphatic carbocycles. The Labute approximate surface area is 114 Å². The van der Waals surface area contributed by atoms with E-state index < -0.39 is 0 Å². The van der Waals surface area contributed by atoms with Gasteiger partial charge in [-0.1, -0.05) is 13.0 Å². The molecule has 0 fully saturated rings. The van der Waals surface area contributed by atoms with Gasteiger partial charge in [-0.15, -0.1) is 11.8 Å². The second-order valence-corrected chi connectivity index (χ2v) is 5.72. The first-order valence-electron chi connectivity index (χ1n) is 5.41. The Morgan fingerprint density at radius 2 is 2.29 bits per heavy atom. The molecule has 0 aliphatic heterocycles. The van der Waals surface area contributed by atoms with Crippen molar-refractivity contribution in [3.05, 3.63) is 40.6 Å². The molecule has 2 rings (SSSR count). The molecule has 0 amide bonds. The fourth-order valence-corrected chi connectivity index (χ4v) is 2.83. The van der Waals surface area contributed by atoms with Gasteiger partial charge in [-0.3, -0.25) is 0 Å². The van der Waals surface area contributed by atoms with Crippen LogP contribution < -0.4 is 5.73 Å². The predicted molar refractivity (Wildman–Crippen MR) is 75.6 cm³/mol. The van der Waals surface area contributed by atoms with Crippen LogP contribution in [0.3, 0.4) is 0 Å². The highest BCUT2D eigenvalue weighted by molar-refractivity contribution is 9.10. The summed E-state index contributed by atoms with van der Waals surface area (Å²) in [6, 6.07) is 6.20. The predicted octanol–water partition coefficient (Wildman–Crippen LogP) is 3.21. The third-order valence-electron chi connectivity index (χ3n) is 2.41. The maximum Gasteiger partial charge on any atom is 0.0702 e. The molecule has 0 atom stereocenters. The summed E-state index contributed by atoms with van der Waals surface area (Å²) in [5.41, 5.74) is 8.06. The summed E-state index contributed by atoms with van der Waals surface area (Å²) in [4.78, 5) is 1.24. The lowest BCUT2D eigenvalue weighted by atomic mass is 10.2. The van der Waals surface area contributed by atoms with Gasteiger partial charge in [-0.05, 0) is 33.8 Å². The van der Waals surface area contributed by atoms with Crippen molar-refractivity contribution < 1.29 is 0 Å². The van der Waals surface area contributed by atoms with Crippen molar-refractivity contribution in [1.82, 2.24) is 9.78 Å². The molecule has 1 heterocycles. The smallest absolute Gasteiger partial charge is 0.0702 e. The number of nitrogens with two attached hydrogens (primary N) is 1. The minimum Gasteiger partial charge on any atom is -0.326 e. The van der Waals surface area contributed by atoms with Gasteiger partial charge in [-0.25, -0.2) is 4.68 Å². The molecule has 17 heavy (non-hydrogen) atoms. The Morgan fingerprint density at radius 1 is 1.47 bits per heavy atom.